The second-order valence-electron chi connectivity index (χ2n) is 4.32. The van der Waals surface area contributed by atoms with Crippen LogP contribution in [0.25, 0.3) is 10.8 Å². The van der Waals surface area contributed by atoms with Crippen molar-refractivity contribution in [1.29, 1.82) is 0 Å². The van der Waals surface area contributed by atoms with Gasteiger partial charge in [-0.05, 0) is 28.4 Å². The van der Waals surface area contributed by atoms with Gasteiger partial charge in [0.2, 0.25) is 0 Å². The van der Waals surface area contributed by atoms with Gasteiger partial charge in [0.25, 0.3) is 5.56 Å². The molecule has 1 aliphatic heterocycles. The van der Waals surface area contributed by atoms with Crippen LogP contribution in [0.5, 0.6) is 0 Å². The number of aromatic nitrogens is 2. The smallest absolute Gasteiger partial charge is 0.259 e. The first-order valence-corrected chi connectivity index (χ1v) is 6.36. The highest BCUT2D eigenvalue weighted by Crippen LogP contribution is 2.26. The van der Waals surface area contributed by atoms with Gasteiger partial charge in [-0.3, -0.25) is 4.79 Å². The number of nitrogens with zero attached hydrogens (tertiary/aromatic N) is 3. The van der Waals surface area contributed by atoms with Crippen molar-refractivity contribution in [3.05, 3.63) is 33.3 Å². The summed E-state index contributed by atoms with van der Waals surface area (Å²) < 4.78 is 2.50. The minimum absolute atomic E-state index is 0.00846. The Bertz CT molecular complexity index is 646. The molecule has 2 aromatic heterocycles. The van der Waals surface area contributed by atoms with Crippen LogP contribution in [0.2, 0.25) is 0 Å². The highest BCUT2D eigenvalue weighted by atomic mass is 79.9. The molecule has 4 nitrogen and oxygen atoms in total. The van der Waals surface area contributed by atoms with Crippen LogP contribution in [0.15, 0.2) is 27.7 Å². The van der Waals surface area contributed by atoms with Gasteiger partial charge in [-0.1, -0.05) is 0 Å². The highest BCUT2D eigenvalue weighted by molar-refractivity contribution is 9.10. The van der Waals surface area contributed by atoms with E-state index in [1.165, 1.54) is 6.42 Å². The maximum absolute atomic E-state index is 11.9. The molecule has 88 valence electrons. The molecule has 1 aliphatic rings. The first-order valence-electron chi connectivity index (χ1n) is 5.56. The van der Waals surface area contributed by atoms with Gasteiger partial charge < -0.3 is 9.47 Å². The predicted octanol–water partition coefficient (Wildman–Crippen LogP) is 1.91. The van der Waals surface area contributed by atoms with Crippen LogP contribution in [0.4, 0.5) is 5.82 Å². The molecular formula is C12H12BrN3O. The molecule has 3 rings (SSSR count). The molecule has 0 aliphatic carbocycles. The topological polar surface area (TPSA) is 38.1 Å². The molecule has 0 N–H and O–H groups in total. The van der Waals surface area contributed by atoms with Crippen molar-refractivity contribution in [2.75, 3.05) is 18.0 Å². The summed E-state index contributed by atoms with van der Waals surface area (Å²) in [4.78, 5) is 18.5. The van der Waals surface area contributed by atoms with Crippen molar-refractivity contribution in [1.82, 2.24) is 9.55 Å². The Morgan fingerprint density at radius 1 is 1.35 bits per heavy atom. The Hall–Kier alpha value is -1.36. The number of hydrogen-bond donors (Lipinski definition) is 0. The molecule has 1 fully saturated rings. The SMILES string of the molecule is Cn1cc(Br)c2cc(N3CCC3)ncc2c1=O. The Morgan fingerprint density at radius 3 is 2.76 bits per heavy atom. The summed E-state index contributed by atoms with van der Waals surface area (Å²) in [5.74, 6) is 0.956. The molecule has 5 heteroatoms. The number of halogens is 1. The number of fused-ring (bicyclic) bond motifs is 1. The van der Waals surface area contributed by atoms with E-state index < -0.39 is 0 Å². The molecule has 3 heterocycles. The fraction of sp³-hybridized carbons (Fsp3) is 0.333. The molecule has 0 unspecified atom stereocenters. The van der Waals surface area contributed by atoms with Gasteiger partial charge in [-0.15, -0.1) is 0 Å². The third-order valence-corrected chi connectivity index (χ3v) is 3.82. The lowest BCUT2D eigenvalue weighted by atomic mass is 10.2. The lowest BCUT2D eigenvalue weighted by Crippen LogP contribution is -2.37. The zero-order chi connectivity index (χ0) is 12.0. The largest absolute Gasteiger partial charge is 0.356 e. The third-order valence-electron chi connectivity index (χ3n) is 3.18. The van der Waals surface area contributed by atoms with Gasteiger partial charge in [0.1, 0.15) is 5.82 Å². The molecule has 17 heavy (non-hydrogen) atoms. The molecule has 2 aromatic rings. The fourth-order valence-corrected chi connectivity index (χ4v) is 2.65. The minimum atomic E-state index is -0.00846. The summed E-state index contributed by atoms with van der Waals surface area (Å²) in [6.45, 7) is 2.11. The number of hydrogen-bond acceptors (Lipinski definition) is 3. The van der Waals surface area contributed by atoms with Gasteiger partial charge in [0.15, 0.2) is 0 Å². The molecule has 1 saturated heterocycles. The molecule has 0 amide bonds. The lowest BCUT2D eigenvalue weighted by Gasteiger charge is -2.32. The zero-order valence-electron chi connectivity index (χ0n) is 9.48. The first-order chi connectivity index (χ1) is 8.16. The van der Waals surface area contributed by atoms with Gasteiger partial charge in [0.05, 0.1) is 5.39 Å². The number of anilines is 1. The summed E-state index contributed by atoms with van der Waals surface area (Å²) in [7, 11) is 1.75. The van der Waals surface area contributed by atoms with Crippen molar-refractivity contribution in [3.8, 4) is 0 Å². The first kappa shape index (κ1) is 10.8. The van der Waals surface area contributed by atoms with E-state index in [0.717, 1.165) is 28.8 Å². The van der Waals surface area contributed by atoms with E-state index in [-0.39, 0.29) is 5.56 Å². The molecule has 0 aromatic carbocycles. The summed E-state index contributed by atoms with van der Waals surface area (Å²) in [6, 6.07) is 1.99. The summed E-state index contributed by atoms with van der Waals surface area (Å²) in [5, 5.41) is 1.59. The molecule has 0 atom stereocenters. The standard InChI is InChI=1S/C12H12BrN3O/c1-15-7-10(13)8-5-11(16-3-2-4-16)14-6-9(8)12(15)17/h5-7H,2-4H2,1H3. The molecule has 0 bridgehead atoms. The Morgan fingerprint density at radius 2 is 2.12 bits per heavy atom. The maximum atomic E-state index is 11.9. The molecule has 0 saturated carbocycles. The van der Waals surface area contributed by atoms with Crippen LogP contribution in [-0.2, 0) is 7.05 Å². The number of pyridine rings is 2. The van der Waals surface area contributed by atoms with Crippen LogP contribution in [0.1, 0.15) is 6.42 Å². The minimum Gasteiger partial charge on any atom is -0.356 e. The van der Waals surface area contributed by atoms with Crippen molar-refractivity contribution >= 4 is 32.5 Å². The van der Waals surface area contributed by atoms with E-state index >= 15 is 0 Å². The normalized spacial score (nSPS) is 15.1. The monoisotopic (exact) mass is 293 g/mol. The highest BCUT2D eigenvalue weighted by Gasteiger charge is 2.17. The molecular weight excluding hydrogens is 282 g/mol. The van der Waals surface area contributed by atoms with E-state index in [0.29, 0.717) is 5.39 Å². The summed E-state index contributed by atoms with van der Waals surface area (Å²) in [5.41, 5.74) is -0.00846. The predicted molar refractivity (Wildman–Crippen MR) is 71.5 cm³/mol. The quantitative estimate of drug-likeness (QED) is 0.806. The number of aryl methyl sites for hydroxylation is 1. The van der Waals surface area contributed by atoms with Crippen LogP contribution in [-0.4, -0.2) is 22.6 Å². The van der Waals surface area contributed by atoms with Crippen LogP contribution in [0, 0.1) is 0 Å². The van der Waals surface area contributed by atoms with Crippen molar-refractivity contribution in [2.45, 2.75) is 6.42 Å². The van der Waals surface area contributed by atoms with E-state index in [2.05, 4.69) is 25.8 Å². The summed E-state index contributed by atoms with van der Waals surface area (Å²) in [6.07, 6.45) is 4.69. The van der Waals surface area contributed by atoms with Gasteiger partial charge in [-0.2, -0.15) is 0 Å². The Balaban J connectivity index is 2.25. The van der Waals surface area contributed by atoms with E-state index in [4.69, 9.17) is 0 Å². The second-order valence-corrected chi connectivity index (χ2v) is 5.18. The number of rotatable bonds is 1. The van der Waals surface area contributed by atoms with E-state index in [9.17, 15) is 4.79 Å². The lowest BCUT2D eigenvalue weighted by molar-refractivity contribution is 0.610. The van der Waals surface area contributed by atoms with Crippen molar-refractivity contribution in [2.24, 2.45) is 7.05 Å². The molecule has 0 spiro atoms. The van der Waals surface area contributed by atoms with Crippen LogP contribution in [0.3, 0.4) is 0 Å². The van der Waals surface area contributed by atoms with Crippen LogP contribution >= 0.6 is 15.9 Å². The summed E-state index contributed by atoms with van der Waals surface area (Å²) >= 11 is 3.50. The van der Waals surface area contributed by atoms with E-state index in [1.54, 1.807) is 24.0 Å². The Kier molecular flexibility index (Phi) is 2.43. The van der Waals surface area contributed by atoms with Crippen LogP contribution < -0.4 is 10.5 Å². The molecule has 0 radical (unpaired) electrons. The van der Waals surface area contributed by atoms with E-state index in [1.807, 2.05) is 6.07 Å². The zero-order valence-corrected chi connectivity index (χ0v) is 11.1. The average molecular weight is 294 g/mol. The second kappa shape index (κ2) is 3.84. The van der Waals surface area contributed by atoms with Gasteiger partial charge >= 0.3 is 0 Å². The average Bonchev–Trinajstić information content (AvgIpc) is 2.24. The van der Waals surface area contributed by atoms with Crippen molar-refractivity contribution < 1.29 is 0 Å². The van der Waals surface area contributed by atoms with Crippen molar-refractivity contribution in [3.63, 3.8) is 0 Å². The Labute approximate surface area is 107 Å². The van der Waals surface area contributed by atoms with Gasteiger partial charge in [-0.25, -0.2) is 4.98 Å². The maximum Gasteiger partial charge on any atom is 0.259 e. The third kappa shape index (κ3) is 1.65. The fourth-order valence-electron chi connectivity index (χ4n) is 2.02. The van der Waals surface area contributed by atoms with Gasteiger partial charge in [0, 0.05) is 42.4 Å².